The minimum absolute atomic E-state index is 0.156. The second-order valence-corrected chi connectivity index (χ2v) is 4.56. The van der Waals surface area contributed by atoms with Crippen molar-refractivity contribution in [1.82, 2.24) is 14.7 Å². The topological polar surface area (TPSA) is 87.9 Å². The molecule has 0 radical (unpaired) electrons. The van der Waals surface area contributed by atoms with E-state index in [1.54, 1.807) is 49.2 Å². The summed E-state index contributed by atoms with van der Waals surface area (Å²) in [6, 6.07) is 9.06. The summed E-state index contributed by atoms with van der Waals surface area (Å²) < 4.78 is 1.59. The zero-order valence-corrected chi connectivity index (χ0v) is 11.4. The number of carbonyl (C=O) groups excluding carboxylic acids is 1. The lowest BCUT2D eigenvalue weighted by Crippen LogP contribution is -2.22. The van der Waals surface area contributed by atoms with Gasteiger partial charge in [0.05, 0.1) is 18.2 Å². The average Bonchev–Trinajstić information content (AvgIpc) is 2.90. The summed E-state index contributed by atoms with van der Waals surface area (Å²) in [4.78, 5) is 13.3. The number of aromatic nitrogens is 2. The van der Waals surface area contributed by atoms with Crippen molar-refractivity contribution in [3.8, 4) is 11.8 Å². The van der Waals surface area contributed by atoms with Crippen LogP contribution in [0, 0.1) is 11.3 Å². The van der Waals surface area contributed by atoms with E-state index in [9.17, 15) is 4.79 Å². The molecule has 0 aliphatic rings. The molecule has 2 N–H and O–H groups in total. The fraction of sp³-hybridized carbons (Fsp3) is 0.214. The molecule has 1 heterocycles. The number of rotatable bonds is 3. The summed E-state index contributed by atoms with van der Waals surface area (Å²) in [5.74, 6) is -0.156. The lowest BCUT2D eigenvalue weighted by atomic mass is 10.1. The lowest BCUT2D eigenvalue weighted by Gasteiger charge is -2.08. The Balaban J connectivity index is 2.35. The highest BCUT2D eigenvalue weighted by atomic mass is 16.2. The van der Waals surface area contributed by atoms with Crippen LogP contribution >= 0.6 is 0 Å². The molecule has 1 aromatic carbocycles. The maximum Gasteiger partial charge on any atom is 0.273 e. The molecule has 0 aliphatic carbocycles. The Morgan fingerprint density at radius 1 is 1.45 bits per heavy atom. The summed E-state index contributed by atoms with van der Waals surface area (Å²) in [7, 11) is 3.35. The summed E-state index contributed by atoms with van der Waals surface area (Å²) >= 11 is 0. The van der Waals surface area contributed by atoms with E-state index in [0.29, 0.717) is 11.4 Å². The molecule has 0 bridgehead atoms. The van der Waals surface area contributed by atoms with E-state index < -0.39 is 0 Å². The second-order valence-electron chi connectivity index (χ2n) is 4.56. The van der Waals surface area contributed by atoms with Crippen molar-refractivity contribution in [3.63, 3.8) is 0 Å². The molecule has 0 fully saturated rings. The van der Waals surface area contributed by atoms with Crippen LogP contribution in [0.2, 0.25) is 0 Å². The second kappa shape index (κ2) is 5.45. The Bertz CT molecular complexity index is 681. The monoisotopic (exact) mass is 269 g/mol. The van der Waals surface area contributed by atoms with Crippen LogP contribution in [0.3, 0.4) is 0 Å². The first kappa shape index (κ1) is 13.6. The number of amides is 1. The summed E-state index contributed by atoms with van der Waals surface area (Å²) in [5, 5.41) is 13.0. The van der Waals surface area contributed by atoms with Crippen molar-refractivity contribution in [1.29, 1.82) is 5.26 Å². The van der Waals surface area contributed by atoms with Crippen molar-refractivity contribution < 1.29 is 4.79 Å². The fourth-order valence-corrected chi connectivity index (χ4v) is 1.78. The lowest BCUT2D eigenvalue weighted by molar-refractivity contribution is 0.0821. The van der Waals surface area contributed by atoms with Crippen LogP contribution in [0.25, 0.3) is 5.69 Å². The Labute approximate surface area is 117 Å². The SMILES string of the molecule is CN(C)C(=O)c1ccn(-c2ccc(N)c(CC#N)c2)n1. The standard InChI is InChI=1S/C14H15N5O/c1-18(2)14(20)13-6-8-19(17-13)11-3-4-12(16)10(9-11)5-7-15/h3-4,6,8-9H,5,16H2,1-2H3. The molecular weight excluding hydrogens is 254 g/mol. The predicted octanol–water partition coefficient (Wildman–Crippen LogP) is 1.22. The molecule has 6 heteroatoms. The molecule has 102 valence electrons. The first-order valence-corrected chi connectivity index (χ1v) is 6.06. The van der Waals surface area contributed by atoms with Gasteiger partial charge in [-0.1, -0.05) is 0 Å². The Morgan fingerprint density at radius 2 is 2.20 bits per heavy atom. The van der Waals surface area contributed by atoms with Crippen LogP contribution in [-0.4, -0.2) is 34.7 Å². The average molecular weight is 269 g/mol. The number of hydrogen-bond acceptors (Lipinski definition) is 4. The van der Waals surface area contributed by atoms with E-state index in [1.165, 1.54) is 4.90 Å². The largest absolute Gasteiger partial charge is 0.398 e. The maximum atomic E-state index is 11.8. The zero-order valence-electron chi connectivity index (χ0n) is 11.4. The normalized spacial score (nSPS) is 10.1. The van der Waals surface area contributed by atoms with Crippen LogP contribution in [0.15, 0.2) is 30.5 Å². The molecule has 2 aromatic rings. The zero-order chi connectivity index (χ0) is 14.7. The highest BCUT2D eigenvalue weighted by Crippen LogP contribution is 2.17. The Morgan fingerprint density at radius 3 is 2.85 bits per heavy atom. The number of nitrogen functional groups attached to an aromatic ring is 1. The van der Waals surface area contributed by atoms with Crippen molar-refractivity contribution >= 4 is 11.6 Å². The highest BCUT2D eigenvalue weighted by molar-refractivity contribution is 5.91. The summed E-state index contributed by atoms with van der Waals surface area (Å²) in [6.45, 7) is 0. The summed E-state index contributed by atoms with van der Waals surface area (Å²) in [6.07, 6.45) is 1.95. The van der Waals surface area contributed by atoms with E-state index in [-0.39, 0.29) is 12.3 Å². The van der Waals surface area contributed by atoms with Crippen LogP contribution in [0.5, 0.6) is 0 Å². The molecule has 0 saturated heterocycles. The van der Waals surface area contributed by atoms with Gasteiger partial charge in [-0.3, -0.25) is 4.79 Å². The van der Waals surface area contributed by atoms with E-state index in [1.807, 2.05) is 0 Å². The van der Waals surface area contributed by atoms with Crippen molar-refractivity contribution in [2.45, 2.75) is 6.42 Å². The van der Waals surface area contributed by atoms with Gasteiger partial charge < -0.3 is 10.6 Å². The van der Waals surface area contributed by atoms with E-state index in [0.717, 1.165) is 11.3 Å². The van der Waals surface area contributed by atoms with Crippen LogP contribution in [0.1, 0.15) is 16.1 Å². The smallest absolute Gasteiger partial charge is 0.273 e. The van der Waals surface area contributed by atoms with Gasteiger partial charge in [0, 0.05) is 26.0 Å². The Kier molecular flexibility index (Phi) is 3.71. The Hall–Kier alpha value is -2.81. The molecule has 0 aliphatic heterocycles. The molecular formula is C14H15N5O. The van der Waals surface area contributed by atoms with Gasteiger partial charge in [-0.05, 0) is 29.8 Å². The fourth-order valence-electron chi connectivity index (χ4n) is 1.78. The molecule has 20 heavy (non-hydrogen) atoms. The first-order valence-electron chi connectivity index (χ1n) is 6.06. The molecule has 1 amide bonds. The highest BCUT2D eigenvalue weighted by Gasteiger charge is 2.12. The quantitative estimate of drug-likeness (QED) is 0.849. The van der Waals surface area contributed by atoms with Crippen LogP contribution < -0.4 is 5.73 Å². The van der Waals surface area contributed by atoms with Gasteiger partial charge in [0.15, 0.2) is 5.69 Å². The minimum atomic E-state index is -0.156. The number of nitrogens with zero attached hydrogens (tertiary/aromatic N) is 4. The van der Waals surface area contributed by atoms with Gasteiger partial charge in [-0.25, -0.2) is 4.68 Å². The number of anilines is 1. The van der Waals surface area contributed by atoms with E-state index >= 15 is 0 Å². The third-order valence-electron chi connectivity index (χ3n) is 2.87. The molecule has 6 nitrogen and oxygen atoms in total. The predicted molar refractivity (Wildman–Crippen MR) is 75.3 cm³/mol. The van der Waals surface area contributed by atoms with Gasteiger partial charge in [-0.15, -0.1) is 0 Å². The van der Waals surface area contributed by atoms with Gasteiger partial charge in [-0.2, -0.15) is 10.4 Å². The molecule has 0 spiro atoms. The van der Waals surface area contributed by atoms with Crippen molar-refractivity contribution in [2.75, 3.05) is 19.8 Å². The minimum Gasteiger partial charge on any atom is -0.398 e. The van der Waals surface area contributed by atoms with Crippen LogP contribution in [0.4, 0.5) is 5.69 Å². The number of nitrogens with two attached hydrogens (primary N) is 1. The van der Waals surface area contributed by atoms with Gasteiger partial charge >= 0.3 is 0 Å². The third-order valence-corrected chi connectivity index (χ3v) is 2.87. The molecule has 1 aromatic heterocycles. The van der Waals surface area contributed by atoms with Gasteiger partial charge in [0.2, 0.25) is 0 Å². The number of benzene rings is 1. The first-order chi connectivity index (χ1) is 9.52. The van der Waals surface area contributed by atoms with Gasteiger partial charge in [0.1, 0.15) is 0 Å². The van der Waals surface area contributed by atoms with Crippen molar-refractivity contribution in [2.24, 2.45) is 0 Å². The van der Waals surface area contributed by atoms with Crippen molar-refractivity contribution in [3.05, 3.63) is 41.7 Å². The van der Waals surface area contributed by atoms with E-state index in [4.69, 9.17) is 11.0 Å². The van der Waals surface area contributed by atoms with E-state index in [2.05, 4.69) is 11.2 Å². The van der Waals surface area contributed by atoms with Crippen LogP contribution in [-0.2, 0) is 6.42 Å². The molecule has 2 rings (SSSR count). The third kappa shape index (κ3) is 2.62. The van der Waals surface area contributed by atoms with Gasteiger partial charge in [0.25, 0.3) is 5.91 Å². The summed E-state index contributed by atoms with van der Waals surface area (Å²) in [5.41, 5.74) is 8.27. The number of nitriles is 1. The number of carbonyl (C=O) groups is 1. The number of hydrogen-bond donors (Lipinski definition) is 1. The molecule has 0 atom stereocenters. The molecule has 0 unspecified atom stereocenters. The molecule has 0 saturated carbocycles. The maximum absolute atomic E-state index is 11.8.